The molecule has 0 amide bonds. The van der Waals surface area contributed by atoms with Gasteiger partial charge >= 0.3 is 6.18 Å². The Hall–Kier alpha value is -1.60. The summed E-state index contributed by atoms with van der Waals surface area (Å²) in [5.74, 6) is 0. The molecule has 2 aromatic rings. The van der Waals surface area contributed by atoms with Crippen molar-refractivity contribution in [2.24, 2.45) is 0 Å². The molecule has 0 radical (unpaired) electrons. The number of β-amino-alcohol motifs (C(OH)–C–C–N with tert-alkyl or cyclic N) is 1. The quantitative estimate of drug-likeness (QED) is 0.770. The van der Waals surface area contributed by atoms with Crippen LogP contribution in [0.2, 0.25) is 5.02 Å². The Balaban J connectivity index is 1.61. The molecule has 1 heterocycles. The Morgan fingerprint density at radius 3 is 2.32 bits per heavy atom. The molecule has 7 heteroatoms. The van der Waals surface area contributed by atoms with Crippen LogP contribution in [0.1, 0.15) is 29.5 Å². The summed E-state index contributed by atoms with van der Waals surface area (Å²) in [6.45, 7) is 1.44. The molecule has 1 aliphatic rings. The van der Waals surface area contributed by atoms with Crippen LogP contribution in [0, 0.1) is 0 Å². The number of nitrogens with zero attached hydrogens (tertiary/aromatic N) is 1. The van der Waals surface area contributed by atoms with Crippen LogP contribution >= 0.6 is 11.6 Å². The first-order valence-electron chi connectivity index (χ1n) is 9.21. The molecule has 28 heavy (non-hydrogen) atoms. The van der Waals surface area contributed by atoms with Crippen LogP contribution in [0.4, 0.5) is 13.2 Å². The van der Waals surface area contributed by atoms with Gasteiger partial charge in [-0.2, -0.15) is 13.2 Å². The predicted molar refractivity (Wildman–Crippen MR) is 102 cm³/mol. The number of aliphatic hydroxyl groups excluding tert-OH is 1. The number of hydrogen-bond acceptors (Lipinski definition) is 3. The molecule has 1 aliphatic heterocycles. The molecule has 152 valence electrons. The van der Waals surface area contributed by atoms with Crippen molar-refractivity contribution in [2.45, 2.75) is 37.1 Å². The van der Waals surface area contributed by atoms with Crippen molar-refractivity contribution >= 4 is 11.6 Å². The number of aliphatic hydroxyl groups is 2. The maximum atomic E-state index is 13.1. The average Bonchev–Trinajstić information content (AvgIpc) is 2.64. The van der Waals surface area contributed by atoms with Gasteiger partial charge in [0, 0.05) is 19.6 Å². The maximum Gasteiger partial charge on any atom is 0.417 e. The number of piperidine rings is 1. The van der Waals surface area contributed by atoms with E-state index in [1.165, 1.54) is 12.1 Å². The normalized spacial score (nSPS) is 18.8. The largest absolute Gasteiger partial charge is 0.417 e. The second-order valence-corrected chi connectivity index (χ2v) is 7.78. The van der Waals surface area contributed by atoms with Gasteiger partial charge in [0.15, 0.2) is 0 Å². The Morgan fingerprint density at radius 1 is 1.07 bits per heavy atom. The standard InChI is InChI=1S/C21H23ClF3NO2/c22-19-7-6-16(13-18(19)21(23,24)25)20(28)8-10-26(11-9-20)14-17(27)12-15-4-2-1-3-5-15/h1-7,13,17,27-28H,8-12,14H2. The van der Waals surface area contributed by atoms with E-state index in [2.05, 4.69) is 0 Å². The van der Waals surface area contributed by atoms with Crippen LogP contribution in [0.15, 0.2) is 48.5 Å². The Labute approximate surface area is 167 Å². The van der Waals surface area contributed by atoms with Crippen LogP contribution < -0.4 is 0 Å². The molecule has 1 atom stereocenters. The SMILES string of the molecule is OC(Cc1ccccc1)CN1CCC(O)(c2ccc(Cl)c(C(F)(F)F)c2)CC1. The van der Waals surface area contributed by atoms with Gasteiger partial charge < -0.3 is 15.1 Å². The first kappa shape index (κ1) is 21.1. The highest BCUT2D eigenvalue weighted by molar-refractivity contribution is 6.31. The minimum absolute atomic E-state index is 0.230. The van der Waals surface area contributed by atoms with E-state index in [1.54, 1.807) is 0 Å². The summed E-state index contributed by atoms with van der Waals surface area (Å²) in [5.41, 5.74) is -0.982. The lowest BCUT2D eigenvalue weighted by atomic mass is 9.83. The van der Waals surface area contributed by atoms with E-state index in [0.29, 0.717) is 38.9 Å². The third-order valence-corrected chi connectivity index (χ3v) is 5.61. The van der Waals surface area contributed by atoms with Gasteiger partial charge in [0.25, 0.3) is 0 Å². The van der Waals surface area contributed by atoms with Gasteiger partial charge in [0.05, 0.1) is 22.3 Å². The average molecular weight is 414 g/mol. The van der Waals surface area contributed by atoms with E-state index in [9.17, 15) is 23.4 Å². The fourth-order valence-electron chi connectivity index (χ4n) is 3.67. The van der Waals surface area contributed by atoms with Crippen molar-refractivity contribution in [3.63, 3.8) is 0 Å². The number of alkyl halides is 3. The highest BCUT2D eigenvalue weighted by Crippen LogP contribution is 2.39. The molecule has 0 spiro atoms. The van der Waals surface area contributed by atoms with Crippen molar-refractivity contribution in [1.29, 1.82) is 0 Å². The molecule has 0 aliphatic carbocycles. The monoisotopic (exact) mass is 413 g/mol. The number of halogens is 4. The van der Waals surface area contributed by atoms with E-state index in [0.717, 1.165) is 11.6 Å². The van der Waals surface area contributed by atoms with E-state index in [4.69, 9.17) is 11.6 Å². The van der Waals surface area contributed by atoms with Gasteiger partial charge in [-0.05, 0) is 42.5 Å². The molecular formula is C21H23ClF3NO2. The van der Waals surface area contributed by atoms with Crippen molar-refractivity contribution in [3.05, 3.63) is 70.2 Å². The minimum atomic E-state index is -4.56. The lowest BCUT2D eigenvalue weighted by molar-refractivity contribution is -0.137. The van der Waals surface area contributed by atoms with E-state index >= 15 is 0 Å². The highest BCUT2D eigenvalue weighted by atomic mass is 35.5. The molecule has 1 saturated heterocycles. The van der Waals surface area contributed by atoms with Crippen LogP contribution in [0.3, 0.4) is 0 Å². The molecule has 3 nitrogen and oxygen atoms in total. The van der Waals surface area contributed by atoms with Gasteiger partial charge in [-0.1, -0.05) is 48.0 Å². The van der Waals surface area contributed by atoms with Crippen LogP contribution in [0.25, 0.3) is 0 Å². The topological polar surface area (TPSA) is 43.7 Å². The molecule has 1 unspecified atom stereocenters. The maximum absolute atomic E-state index is 13.1. The van der Waals surface area contributed by atoms with Crippen LogP contribution in [-0.2, 0) is 18.2 Å². The molecule has 1 fully saturated rings. The summed E-state index contributed by atoms with van der Waals surface area (Å²) in [7, 11) is 0. The number of likely N-dealkylation sites (tertiary alicyclic amines) is 1. The second kappa shape index (κ2) is 8.41. The summed E-state index contributed by atoms with van der Waals surface area (Å²) in [6.07, 6.45) is -3.98. The van der Waals surface area contributed by atoms with E-state index in [1.807, 2.05) is 35.2 Å². The lowest BCUT2D eigenvalue weighted by Crippen LogP contribution is -2.45. The lowest BCUT2D eigenvalue weighted by Gasteiger charge is -2.39. The number of benzene rings is 2. The molecule has 0 aromatic heterocycles. The molecule has 2 N–H and O–H groups in total. The van der Waals surface area contributed by atoms with Crippen molar-refractivity contribution in [2.75, 3.05) is 19.6 Å². The zero-order valence-corrected chi connectivity index (χ0v) is 16.0. The first-order valence-corrected chi connectivity index (χ1v) is 9.59. The van der Waals surface area contributed by atoms with Crippen molar-refractivity contribution < 1.29 is 23.4 Å². The minimum Gasteiger partial charge on any atom is -0.391 e. The smallest absolute Gasteiger partial charge is 0.391 e. The number of hydrogen-bond donors (Lipinski definition) is 2. The van der Waals surface area contributed by atoms with Crippen molar-refractivity contribution in [3.8, 4) is 0 Å². The Kier molecular flexibility index (Phi) is 6.34. The molecular weight excluding hydrogens is 391 g/mol. The van der Waals surface area contributed by atoms with Gasteiger partial charge in [-0.15, -0.1) is 0 Å². The number of rotatable bonds is 5. The second-order valence-electron chi connectivity index (χ2n) is 7.37. The molecule has 2 aromatic carbocycles. The first-order chi connectivity index (χ1) is 13.2. The van der Waals surface area contributed by atoms with E-state index < -0.39 is 23.4 Å². The third kappa shape index (κ3) is 5.06. The van der Waals surface area contributed by atoms with Crippen LogP contribution in [0.5, 0.6) is 0 Å². The van der Waals surface area contributed by atoms with Gasteiger partial charge in [-0.25, -0.2) is 0 Å². The predicted octanol–water partition coefficient (Wildman–Crippen LogP) is 4.25. The summed E-state index contributed by atoms with van der Waals surface area (Å²) in [4.78, 5) is 2.03. The highest BCUT2D eigenvalue weighted by Gasteiger charge is 2.38. The van der Waals surface area contributed by atoms with Crippen molar-refractivity contribution in [1.82, 2.24) is 4.90 Å². The summed E-state index contributed by atoms with van der Waals surface area (Å²) >= 11 is 5.67. The van der Waals surface area contributed by atoms with Crippen LogP contribution in [-0.4, -0.2) is 40.9 Å². The molecule has 3 rings (SSSR count). The van der Waals surface area contributed by atoms with Gasteiger partial charge in [0.1, 0.15) is 0 Å². The van der Waals surface area contributed by atoms with Gasteiger partial charge in [0.2, 0.25) is 0 Å². The van der Waals surface area contributed by atoms with Gasteiger partial charge in [-0.3, -0.25) is 0 Å². The Morgan fingerprint density at radius 2 is 1.71 bits per heavy atom. The summed E-state index contributed by atoms with van der Waals surface area (Å²) in [6, 6.07) is 13.3. The fraction of sp³-hybridized carbons (Fsp3) is 0.429. The summed E-state index contributed by atoms with van der Waals surface area (Å²) < 4.78 is 39.3. The Bertz CT molecular complexity index is 790. The van der Waals surface area contributed by atoms with E-state index in [-0.39, 0.29) is 10.6 Å². The molecule has 0 saturated carbocycles. The summed E-state index contributed by atoms with van der Waals surface area (Å²) in [5, 5.41) is 20.9. The molecule has 0 bridgehead atoms. The zero-order valence-electron chi connectivity index (χ0n) is 15.3. The fourth-order valence-corrected chi connectivity index (χ4v) is 3.90. The third-order valence-electron chi connectivity index (χ3n) is 5.28. The zero-order chi connectivity index (χ0) is 20.4.